The molecule has 3 heterocycles. The van der Waals surface area contributed by atoms with E-state index in [9.17, 15) is 4.79 Å². The molecule has 26 heavy (non-hydrogen) atoms. The minimum absolute atomic E-state index is 0.319. The zero-order valence-electron chi connectivity index (χ0n) is 14.5. The third-order valence-corrected chi connectivity index (χ3v) is 5.32. The summed E-state index contributed by atoms with van der Waals surface area (Å²) in [5, 5.41) is 8.98. The maximum absolute atomic E-state index is 11.1. The fourth-order valence-electron chi connectivity index (χ4n) is 3.47. The van der Waals surface area contributed by atoms with Crippen molar-refractivity contribution in [3.05, 3.63) is 46.8 Å². The first kappa shape index (κ1) is 17.2. The Balaban J connectivity index is 1.69. The van der Waals surface area contributed by atoms with Crippen molar-refractivity contribution in [3.8, 4) is 0 Å². The van der Waals surface area contributed by atoms with Crippen LogP contribution in [0.5, 0.6) is 0 Å². The number of nitrogens with one attached hydrogen (secondary N) is 1. The van der Waals surface area contributed by atoms with Crippen molar-refractivity contribution in [1.29, 1.82) is 0 Å². The maximum Gasteiger partial charge on any atom is 0.124 e. The van der Waals surface area contributed by atoms with Gasteiger partial charge in [0.25, 0.3) is 0 Å². The van der Waals surface area contributed by atoms with Gasteiger partial charge in [-0.2, -0.15) is 5.10 Å². The number of likely N-dealkylation sites (N-methyl/N-ethyl adjacent to an activating group) is 1. The van der Waals surface area contributed by atoms with E-state index in [0.29, 0.717) is 12.5 Å². The van der Waals surface area contributed by atoms with Crippen LogP contribution < -0.4 is 5.32 Å². The summed E-state index contributed by atoms with van der Waals surface area (Å²) in [6.07, 6.45) is 7.98. The van der Waals surface area contributed by atoms with Crippen LogP contribution in [0, 0.1) is 0 Å². The van der Waals surface area contributed by atoms with Crippen molar-refractivity contribution in [2.24, 2.45) is 0 Å². The highest BCUT2D eigenvalue weighted by Gasteiger charge is 2.21. The highest BCUT2D eigenvalue weighted by Crippen LogP contribution is 2.31. The Labute approximate surface area is 160 Å². The molecule has 0 bridgehead atoms. The van der Waals surface area contributed by atoms with Crippen LogP contribution in [-0.2, 0) is 11.2 Å². The van der Waals surface area contributed by atoms with Gasteiger partial charge in [0.2, 0.25) is 0 Å². The molecule has 134 valence electrons. The summed E-state index contributed by atoms with van der Waals surface area (Å²) in [6.45, 7) is 2.11. The van der Waals surface area contributed by atoms with Gasteiger partial charge in [-0.1, -0.05) is 15.9 Å². The van der Waals surface area contributed by atoms with Gasteiger partial charge in [0.1, 0.15) is 6.29 Å². The molecule has 0 saturated carbocycles. The van der Waals surface area contributed by atoms with Crippen molar-refractivity contribution in [2.45, 2.75) is 18.9 Å². The first-order valence-corrected chi connectivity index (χ1v) is 9.44. The molecule has 1 N–H and O–H groups in total. The number of fused-ring (bicyclic) bond motifs is 1. The molecule has 0 amide bonds. The van der Waals surface area contributed by atoms with E-state index in [2.05, 4.69) is 43.3 Å². The molecule has 3 aromatic rings. The van der Waals surface area contributed by atoms with Crippen LogP contribution in [0.2, 0.25) is 0 Å². The van der Waals surface area contributed by atoms with Gasteiger partial charge < -0.3 is 15.0 Å². The number of benzene rings is 1. The number of likely N-dealkylation sites (tertiary alicyclic amines) is 1. The average molecular weight is 414 g/mol. The fraction of sp³-hybridized carbons (Fsp3) is 0.316. The molecule has 1 atom stereocenters. The molecule has 1 aliphatic heterocycles. The lowest BCUT2D eigenvalue weighted by atomic mass is 10.1. The first-order valence-electron chi connectivity index (χ1n) is 8.64. The molecule has 0 spiro atoms. The molecule has 1 saturated heterocycles. The number of pyridine rings is 1. The SMILES string of the molecule is CN1CCC(n2cc(Nc3c(CC=O)cnc4ccc(Br)cc34)cn2)C1. The summed E-state index contributed by atoms with van der Waals surface area (Å²) in [5.74, 6) is 0. The number of anilines is 2. The number of hydrogen-bond donors (Lipinski definition) is 1. The first-order chi connectivity index (χ1) is 12.6. The highest BCUT2D eigenvalue weighted by atomic mass is 79.9. The minimum Gasteiger partial charge on any atom is -0.352 e. The number of carbonyl (C=O) groups is 1. The average Bonchev–Trinajstić information content (AvgIpc) is 3.26. The van der Waals surface area contributed by atoms with Crippen molar-refractivity contribution < 1.29 is 4.79 Å². The van der Waals surface area contributed by atoms with E-state index in [0.717, 1.165) is 58.1 Å². The third kappa shape index (κ3) is 3.37. The Bertz CT molecular complexity index is 954. The van der Waals surface area contributed by atoms with Gasteiger partial charge in [0, 0.05) is 40.8 Å². The van der Waals surface area contributed by atoms with Gasteiger partial charge in [-0.3, -0.25) is 9.67 Å². The van der Waals surface area contributed by atoms with Crippen LogP contribution in [0.3, 0.4) is 0 Å². The Morgan fingerprint density at radius 3 is 3.04 bits per heavy atom. The largest absolute Gasteiger partial charge is 0.352 e. The number of halogens is 1. The molecule has 1 fully saturated rings. The number of aromatic nitrogens is 3. The van der Waals surface area contributed by atoms with Crippen LogP contribution in [0.25, 0.3) is 10.9 Å². The molecule has 0 aliphatic carbocycles. The van der Waals surface area contributed by atoms with Crippen LogP contribution in [-0.4, -0.2) is 46.1 Å². The molecule has 1 unspecified atom stereocenters. The Morgan fingerprint density at radius 1 is 1.38 bits per heavy atom. The third-order valence-electron chi connectivity index (χ3n) is 4.82. The van der Waals surface area contributed by atoms with Crippen LogP contribution in [0.4, 0.5) is 11.4 Å². The van der Waals surface area contributed by atoms with Gasteiger partial charge in [-0.05, 0) is 38.2 Å². The molecular formula is C19H20BrN5O. The van der Waals surface area contributed by atoms with E-state index in [1.807, 2.05) is 35.3 Å². The van der Waals surface area contributed by atoms with Gasteiger partial charge in [0.05, 0.1) is 29.1 Å². The van der Waals surface area contributed by atoms with E-state index in [1.54, 1.807) is 6.20 Å². The molecule has 1 aromatic carbocycles. The molecule has 2 aromatic heterocycles. The number of aldehydes is 1. The summed E-state index contributed by atoms with van der Waals surface area (Å²) in [7, 11) is 2.13. The number of carbonyl (C=O) groups excluding carboxylic acids is 1. The van der Waals surface area contributed by atoms with E-state index >= 15 is 0 Å². The predicted molar refractivity (Wildman–Crippen MR) is 106 cm³/mol. The minimum atomic E-state index is 0.319. The summed E-state index contributed by atoms with van der Waals surface area (Å²) in [5.41, 5.74) is 3.58. The topological polar surface area (TPSA) is 63.0 Å². The lowest BCUT2D eigenvalue weighted by molar-refractivity contribution is -0.107. The standard InChI is InChI=1S/C19H20BrN5O/c1-24-6-4-16(12-24)25-11-15(10-22-25)23-19-13(5-7-26)9-21-18-3-2-14(20)8-17(18)19/h2-3,7-11,16H,4-6,12H2,1H3,(H,21,23). The van der Waals surface area contributed by atoms with E-state index in [-0.39, 0.29) is 0 Å². The lowest BCUT2D eigenvalue weighted by Gasteiger charge is -2.13. The molecule has 1 aliphatic rings. The molecule has 4 rings (SSSR count). The van der Waals surface area contributed by atoms with Gasteiger partial charge in [-0.15, -0.1) is 0 Å². The Kier molecular flexibility index (Phi) is 4.74. The second-order valence-electron chi connectivity index (χ2n) is 6.73. The summed E-state index contributed by atoms with van der Waals surface area (Å²) in [4.78, 5) is 17.9. The summed E-state index contributed by atoms with van der Waals surface area (Å²) in [6, 6.07) is 6.36. The van der Waals surface area contributed by atoms with E-state index in [1.165, 1.54) is 0 Å². The second-order valence-corrected chi connectivity index (χ2v) is 7.65. The van der Waals surface area contributed by atoms with Crippen LogP contribution in [0.1, 0.15) is 18.0 Å². The molecule has 7 heteroatoms. The smallest absolute Gasteiger partial charge is 0.124 e. The summed E-state index contributed by atoms with van der Waals surface area (Å²) < 4.78 is 3.01. The lowest BCUT2D eigenvalue weighted by Crippen LogP contribution is -2.16. The van der Waals surface area contributed by atoms with Crippen molar-refractivity contribution in [3.63, 3.8) is 0 Å². The van der Waals surface area contributed by atoms with Crippen molar-refractivity contribution in [1.82, 2.24) is 19.7 Å². The van der Waals surface area contributed by atoms with E-state index < -0.39 is 0 Å². The van der Waals surface area contributed by atoms with Crippen LogP contribution in [0.15, 0.2) is 41.3 Å². The highest BCUT2D eigenvalue weighted by molar-refractivity contribution is 9.10. The van der Waals surface area contributed by atoms with E-state index in [4.69, 9.17) is 0 Å². The monoisotopic (exact) mass is 413 g/mol. The van der Waals surface area contributed by atoms with Crippen molar-refractivity contribution in [2.75, 3.05) is 25.5 Å². The van der Waals surface area contributed by atoms with Crippen LogP contribution >= 0.6 is 15.9 Å². The Morgan fingerprint density at radius 2 is 2.27 bits per heavy atom. The molecule has 0 radical (unpaired) electrons. The quantitative estimate of drug-likeness (QED) is 0.647. The normalized spacial score (nSPS) is 17.7. The fourth-order valence-corrected chi connectivity index (χ4v) is 3.83. The zero-order valence-corrected chi connectivity index (χ0v) is 16.1. The van der Waals surface area contributed by atoms with Gasteiger partial charge >= 0.3 is 0 Å². The number of hydrogen-bond acceptors (Lipinski definition) is 5. The van der Waals surface area contributed by atoms with Crippen molar-refractivity contribution >= 4 is 44.5 Å². The molecule has 6 nitrogen and oxygen atoms in total. The zero-order chi connectivity index (χ0) is 18.1. The Hall–Kier alpha value is -2.25. The second kappa shape index (κ2) is 7.17. The van der Waals surface area contributed by atoms with Gasteiger partial charge in [-0.25, -0.2) is 0 Å². The summed E-state index contributed by atoms with van der Waals surface area (Å²) >= 11 is 3.52. The van der Waals surface area contributed by atoms with Gasteiger partial charge in [0.15, 0.2) is 0 Å². The maximum atomic E-state index is 11.1. The number of rotatable bonds is 5. The predicted octanol–water partition coefficient (Wildman–Crippen LogP) is 3.56. The molecular weight excluding hydrogens is 394 g/mol. The number of nitrogens with zero attached hydrogens (tertiary/aromatic N) is 4.